The topological polar surface area (TPSA) is 33.1 Å². The highest BCUT2D eigenvalue weighted by Crippen LogP contribution is 2.13. The SMILES string of the molecule is CCCC(O)Cc1ccc2ccccc2n1. The Balaban J connectivity index is 2.19. The van der Waals surface area contributed by atoms with Gasteiger partial charge in [0.2, 0.25) is 0 Å². The Bertz CT molecular complexity index is 467. The minimum Gasteiger partial charge on any atom is -0.393 e. The zero-order valence-corrected chi connectivity index (χ0v) is 9.56. The second kappa shape index (κ2) is 5.08. The Morgan fingerprint density at radius 2 is 2.00 bits per heavy atom. The van der Waals surface area contributed by atoms with Gasteiger partial charge < -0.3 is 5.11 Å². The minimum atomic E-state index is -0.265. The number of hydrogen-bond acceptors (Lipinski definition) is 2. The second-order valence-corrected chi connectivity index (χ2v) is 4.14. The van der Waals surface area contributed by atoms with E-state index in [1.807, 2.05) is 24.3 Å². The van der Waals surface area contributed by atoms with Gasteiger partial charge in [-0.05, 0) is 18.6 Å². The van der Waals surface area contributed by atoms with Crippen molar-refractivity contribution in [1.82, 2.24) is 4.98 Å². The van der Waals surface area contributed by atoms with Gasteiger partial charge in [0.15, 0.2) is 0 Å². The van der Waals surface area contributed by atoms with Gasteiger partial charge in [-0.25, -0.2) is 0 Å². The Labute approximate surface area is 96.0 Å². The third-order valence-electron chi connectivity index (χ3n) is 2.72. The lowest BCUT2D eigenvalue weighted by Crippen LogP contribution is -2.10. The Morgan fingerprint density at radius 1 is 1.19 bits per heavy atom. The summed E-state index contributed by atoms with van der Waals surface area (Å²) in [7, 11) is 0. The first-order chi connectivity index (χ1) is 7.79. The number of aromatic nitrogens is 1. The van der Waals surface area contributed by atoms with Crippen LogP contribution in [-0.2, 0) is 6.42 Å². The summed E-state index contributed by atoms with van der Waals surface area (Å²) in [5.74, 6) is 0. The molecule has 1 unspecified atom stereocenters. The summed E-state index contributed by atoms with van der Waals surface area (Å²) in [5, 5.41) is 10.9. The van der Waals surface area contributed by atoms with Gasteiger partial charge in [-0.15, -0.1) is 0 Å². The molecule has 0 bridgehead atoms. The average Bonchev–Trinajstić information content (AvgIpc) is 2.29. The van der Waals surface area contributed by atoms with E-state index >= 15 is 0 Å². The highest BCUT2D eigenvalue weighted by atomic mass is 16.3. The molecule has 16 heavy (non-hydrogen) atoms. The number of aliphatic hydroxyl groups is 1. The van der Waals surface area contributed by atoms with Gasteiger partial charge in [0.25, 0.3) is 0 Å². The molecule has 0 fully saturated rings. The van der Waals surface area contributed by atoms with Gasteiger partial charge in [-0.1, -0.05) is 37.6 Å². The number of hydrogen-bond donors (Lipinski definition) is 1. The summed E-state index contributed by atoms with van der Waals surface area (Å²) in [6, 6.07) is 12.1. The van der Waals surface area contributed by atoms with Crippen LogP contribution in [0, 0.1) is 0 Å². The monoisotopic (exact) mass is 215 g/mol. The molecule has 0 saturated heterocycles. The quantitative estimate of drug-likeness (QED) is 0.850. The van der Waals surface area contributed by atoms with Crippen molar-refractivity contribution < 1.29 is 5.11 Å². The molecule has 0 radical (unpaired) electrons. The maximum absolute atomic E-state index is 9.73. The zero-order valence-electron chi connectivity index (χ0n) is 9.56. The van der Waals surface area contributed by atoms with Crippen molar-refractivity contribution in [1.29, 1.82) is 0 Å². The summed E-state index contributed by atoms with van der Waals surface area (Å²) in [5.41, 5.74) is 1.98. The molecule has 1 aromatic carbocycles. The molecule has 2 aromatic rings. The molecular formula is C14H17NO. The van der Waals surface area contributed by atoms with Gasteiger partial charge in [0.05, 0.1) is 11.6 Å². The fourth-order valence-corrected chi connectivity index (χ4v) is 1.90. The summed E-state index contributed by atoms with van der Waals surface area (Å²) in [4.78, 5) is 4.54. The first-order valence-corrected chi connectivity index (χ1v) is 5.82. The van der Waals surface area contributed by atoms with Crippen LogP contribution in [0.4, 0.5) is 0 Å². The highest BCUT2D eigenvalue weighted by Gasteiger charge is 2.05. The van der Waals surface area contributed by atoms with E-state index in [1.165, 1.54) is 0 Å². The Kier molecular flexibility index (Phi) is 3.52. The Hall–Kier alpha value is -1.41. The molecule has 0 aliphatic carbocycles. The molecule has 1 aromatic heterocycles. The van der Waals surface area contributed by atoms with Gasteiger partial charge in [-0.3, -0.25) is 4.98 Å². The van der Waals surface area contributed by atoms with E-state index in [4.69, 9.17) is 0 Å². The van der Waals surface area contributed by atoms with Gasteiger partial charge in [0, 0.05) is 17.5 Å². The third-order valence-corrected chi connectivity index (χ3v) is 2.72. The number of aliphatic hydroxyl groups excluding tert-OH is 1. The molecule has 1 atom stereocenters. The molecule has 2 rings (SSSR count). The van der Waals surface area contributed by atoms with Crippen LogP contribution in [0.1, 0.15) is 25.5 Å². The molecule has 1 N–H and O–H groups in total. The van der Waals surface area contributed by atoms with Crippen molar-refractivity contribution in [2.45, 2.75) is 32.3 Å². The second-order valence-electron chi connectivity index (χ2n) is 4.14. The lowest BCUT2D eigenvalue weighted by Gasteiger charge is -2.08. The molecular weight excluding hydrogens is 198 g/mol. The van der Waals surface area contributed by atoms with E-state index in [2.05, 4.69) is 24.0 Å². The van der Waals surface area contributed by atoms with E-state index in [0.29, 0.717) is 6.42 Å². The van der Waals surface area contributed by atoms with Crippen LogP contribution in [0.3, 0.4) is 0 Å². The molecule has 0 aliphatic rings. The van der Waals surface area contributed by atoms with Gasteiger partial charge >= 0.3 is 0 Å². The fraction of sp³-hybridized carbons (Fsp3) is 0.357. The molecule has 0 saturated carbocycles. The lowest BCUT2D eigenvalue weighted by molar-refractivity contribution is 0.163. The zero-order chi connectivity index (χ0) is 11.4. The molecule has 0 amide bonds. The molecule has 1 heterocycles. The van der Waals surface area contributed by atoms with Crippen molar-refractivity contribution >= 4 is 10.9 Å². The molecule has 0 spiro atoms. The largest absolute Gasteiger partial charge is 0.393 e. The van der Waals surface area contributed by atoms with E-state index in [-0.39, 0.29) is 6.10 Å². The minimum absolute atomic E-state index is 0.265. The third kappa shape index (κ3) is 2.58. The predicted octanol–water partition coefficient (Wildman–Crippen LogP) is 2.94. The maximum Gasteiger partial charge on any atom is 0.0705 e. The number of rotatable bonds is 4. The average molecular weight is 215 g/mol. The number of pyridine rings is 1. The van der Waals surface area contributed by atoms with Crippen LogP contribution in [-0.4, -0.2) is 16.2 Å². The summed E-state index contributed by atoms with van der Waals surface area (Å²) in [6.07, 6.45) is 2.24. The van der Waals surface area contributed by atoms with Crippen LogP contribution < -0.4 is 0 Å². The van der Waals surface area contributed by atoms with Crippen LogP contribution >= 0.6 is 0 Å². The van der Waals surface area contributed by atoms with Crippen molar-refractivity contribution in [3.05, 3.63) is 42.1 Å². The van der Waals surface area contributed by atoms with Crippen molar-refractivity contribution in [3.8, 4) is 0 Å². The van der Waals surface area contributed by atoms with Crippen LogP contribution in [0.15, 0.2) is 36.4 Å². The van der Waals surface area contributed by atoms with Gasteiger partial charge in [0.1, 0.15) is 0 Å². The van der Waals surface area contributed by atoms with Crippen molar-refractivity contribution in [3.63, 3.8) is 0 Å². The standard InChI is InChI=1S/C14H17NO/c1-2-5-13(16)10-12-9-8-11-6-3-4-7-14(11)15-12/h3-4,6-9,13,16H,2,5,10H2,1H3. The van der Waals surface area contributed by atoms with Crippen LogP contribution in [0.5, 0.6) is 0 Å². The summed E-state index contributed by atoms with van der Waals surface area (Å²) >= 11 is 0. The first-order valence-electron chi connectivity index (χ1n) is 5.82. The molecule has 0 aliphatic heterocycles. The first kappa shape index (κ1) is 11.1. The van der Waals surface area contributed by atoms with Crippen molar-refractivity contribution in [2.75, 3.05) is 0 Å². The van der Waals surface area contributed by atoms with E-state index in [0.717, 1.165) is 29.4 Å². The summed E-state index contributed by atoms with van der Waals surface area (Å²) in [6.45, 7) is 2.08. The molecule has 2 nitrogen and oxygen atoms in total. The fourth-order valence-electron chi connectivity index (χ4n) is 1.90. The number of benzene rings is 1. The number of fused-ring (bicyclic) bond motifs is 1. The predicted molar refractivity (Wildman–Crippen MR) is 66.4 cm³/mol. The lowest BCUT2D eigenvalue weighted by atomic mass is 10.1. The van der Waals surface area contributed by atoms with E-state index in [1.54, 1.807) is 0 Å². The van der Waals surface area contributed by atoms with E-state index in [9.17, 15) is 5.11 Å². The van der Waals surface area contributed by atoms with E-state index < -0.39 is 0 Å². The normalized spacial score (nSPS) is 12.9. The number of para-hydroxylation sites is 1. The number of nitrogens with zero attached hydrogens (tertiary/aromatic N) is 1. The maximum atomic E-state index is 9.73. The Morgan fingerprint density at radius 3 is 2.81 bits per heavy atom. The highest BCUT2D eigenvalue weighted by molar-refractivity contribution is 5.78. The van der Waals surface area contributed by atoms with Crippen molar-refractivity contribution in [2.24, 2.45) is 0 Å². The molecule has 2 heteroatoms. The molecule has 84 valence electrons. The van der Waals surface area contributed by atoms with Gasteiger partial charge in [-0.2, -0.15) is 0 Å². The summed E-state index contributed by atoms with van der Waals surface area (Å²) < 4.78 is 0. The van der Waals surface area contributed by atoms with Crippen LogP contribution in [0.25, 0.3) is 10.9 Å². The smallest absolute Gasteiger partial charge is 0.0705 e. The van der Waals surface area contributed by atoms with Crippen LogP contribution in [0.2, 0.25) is 0 Å².